The maximum absolute atomic E-state index is 11.7. The molecule has 0 aliphatic carbocycles. The Balaban J connectivity index is 4.36. The molecule has 5 heteroatoms. The van der Waals surface area contributed by atoms with Gasteiger partial charge in [-0.3, -0.25) is 9.59 Å². The number of hydrogen-bond donors (Lipinski definition) is 3. The van der Waals surface area contributed by atoms with Crippen LogP contribution >= 0.6 is 0 Å². The number of nitrogens with one attached hydrogen (secondary N) is 2. The van der Waals surface area contributed by atoms with Crippen LogP contribution in [-0.2, 0) is 9.59 Å². The Morgan fingerprint density at radius 1 is 1.35 bits per heavy atom. The first-order chi connectivity index (χ1) is 7.92. The molecule has 0 spiro atoms. The third-order valence-electron chi connectivity index (χ3n) is 2.08. The molecule has 0 aliphatic rings. The van der Waals surface area contributed by atoms with E-state index in [4.69, 9.17) is 5.73 Å². The lowest BCUT2D eigenvalue weighted by molar-refractivity contribution is -0.128. The molecule has 0 aromatic carbocycles. The van der Waals surface area contributed by atoms with Crippen molar-refractivity contribution in [1.29, 1.82) is 0 Å². The van der Waals surface area contributed by atoms with E-state index in [0.717, 1.165) is 6.42 Å². The van der Waals surface area contributed by atoms with Crippen molar-refractivity contribution in [2.45, 2.75) is 39.3 Å². The average Bonchev–Trinajstić information content (AvgIpc) is 2.27. The third kappa shape index (κ3) is 5.87. The van der Waals surface area contributed by atoms with Gasteiger partial charge in [0.1, 0.15) is 6.04 Å². The molecule has 5 nitrogen and oxygen atoms in total. The minimum Gasteiger partial charge on any atom is -0.343 e. The van der Waals surface area contributed by atoms with E-state index >= 15 is 0 Å². The van der Waals surface area contributed by atoms with Crippen LogP contribution in [0.5, 0.6) is 0 Å². The van der Waals surface area contributed by atoms with Gasteiger partial charge in [0.15, 0.2) is 0 Å². The Hall–Kier alpha value is -1.62. The Labute approximate surface area is 102 Å². The molecule has 0 rings (SSSR count). The summed E-state index contributed by atoms with van der Waals surface area (Å²) in [6.45, 7) is 8.71. The van der Waals surface area contributed by atoms with Crippen LogP contribution in [0.1, 0.15) is 27.2 Å². The summed E-state index contributed by atoms with van der Waals surface area (Å²) in [7, 11) is 0. The number of allylic oxidation sites excluding steroid dienone is 2. The smallest absolute Gasteiger partial charge is 0.246 e. The van der Waals surface area contributed by atoms with Gasteiger partial charge in [0.2, 0.25) is 11.8 Å². The fraction of sp³-hybridized carbons (Fsp3) is 0.500. The van der Waals surface area contributed by atoms with Crippen LogP contribution in [0.25, 0.3) is 0 Å². The van der Waals surface area contributed by atoms with Crippen molar-refractivity contribution in [3.63, 3.8) is 0 Å². The number of amides is 2. The highest BCUT2D eigenvalue weighted by Crippen LogP contribution is 1.95. The van der Waals surface area contributed by atoms with E-state index in [0.29, 0.717) is 5.70 Å². The first kappa shape index (κ1) is 15.4. The normalized spacial score (nSPS) is 14.7. The molecule has 0 saturated carbocycles. The van der Waals surface area contributed by atoms with Crippen molar-refractivity contribution in [3.8, 4) is 0 Å². The van der Waals surface area contributed by atoms with Gasteiger partial charge in [0.25, 0.3) is 0 Å². The molecular weight excluding hydrogens is 218 g/mol. The monoisotopic (exact) mass is 239 g/mol. The highest BCUT2D eigenvalue weighted by molar-refractivity contribution is 5.90. The molecule has 0 aliphatic heterocycles. The van der Waals surface area contributed by atoms with Gasteiger partial charge in [-0.2, -0.15) is 0 Å². The van der Waals surface area contributed by atoms with Crippen molar-refractivity contribution in [2.75, 3.05) is 0 Å². The van der Waals surface area contributed by atoms with E-state index in [1.807, 2.05) is 13.0 Å². The van der Waals surface area contributed by atoms with Gasteiger partial charge in [-0.15, -0.1) is 0 Å². The van der Waals surface area contributed by atoms with Crippen LogP contribution in [-0.4, -0.2) is 23.9 Å². The Morgan fingerprint density at radius 3 is 2.35 bits per heavy atom. The van der Waals surface area contributed by atoms with Crippen molar-refractivity contribution in [2.24, 2.45) is 5.73 Å². The Bertz CT molecular complexity index is 322. The Morgan fingerprint density at radius 2 is 1.94 bits per heavy atom. The van der Waals surface area contributed by atoms with Gasteiger partial charge in [-0.05, 0) is 26.3 Å². The van der Waals surface area contributed by atoms with E-state index in [1.54, 1.807) is 19.9 Å². The van der Waals surface area contributed by atoms with Crippen molar-refractivity contribution in [3.05, 3.63) is 24.4 Å². The number of carbonyl (C=O) groups excluding carboxylic acids is 2. The fourth-order valence-electron chi connectivity index (χ4n) is 1.07. The van der Waals surface area contributed by atoms with Gasteiger partial charge < -0.3 is 16.4 Å². The number of rotatable bonds is 6. The molecule has 96 valence electrons. The number of carbonyl (C=O) groups is 2. The Kier molecular flexibility index (Phi) is 6.89. The largest absolute Gasteiger partial charge is 0.343 e. The minimum absolute atomic E-state index is 0.293. The molecule has 0 bridgehead atoms. The first-order valence-electron chi connectivity index (χ1n) is 5.61. The van der Waals surface area contributed by atoms with Crippen LogP contribution < -0.4 is 16.4 Å². The molecule has 4 N–H and O–H groups in total. The van der Waals surface area contributed by atoms with E-state index < -0.39 is 12.1 Å². The topological polar surface area (TPSA) is 84.2 Å². The molecule has 2 amide bonds. The van der Waals surface area contributed by atoms with Crippen LogP contribution in [0.2, 0.25) is 0 Å². The lowest BCUT2D eigenvalue weighted by Crippen LogP contribution is -2.49. The molecule has 0 unspecified atom stereocenters. The predicted molar refractivity (Wildman–Crippen MR) is 68.0 cm³/mol. The zero-order chi connectivity index (χ0) is 13.4. The second kappa shape index (κ2) is 7.62. The molecule has 0 aromatic rings. The van der Waals surface area contributed by atoms with E-state index in [-0.39, 0.29) is 11.8 Å². The van der Waals surface area contributed by atoms with Crippen LogP contribution in [0.15, 0.2) is 24.4 Å². The maximum atomic E-state index is 11.7. The first-order valence-corrected chi connectivity index (χ1v) is 5.61. The second-order valence-electron chi connectivity index (χ2n) is 3.78. The van der Waals surface area contributed by atoms with Gasteiger partial charge >= 0.3 is 0 Å². The van der Waals surface area contributed by atoms with Crippen LogP contribution in [0.4, 0.5) is 0 Å². The molecule has 0 saturated heterocycles. The summed E-state index contributed by atoms with van der Waals surface area (Å²) in [5.41, 5.74) is 6.03. The molecule has 0 heterocycles. The minimum atomic E-state index is -0.631. The lowest BCUT2D eigenvalue weighted by atomic mass is 10.2. The standard InChI is InChI=1S/C12H21N3O2/c1-5-7-10(6-2)15-12(17)9(4)14-11(16)8(3)13/h6-9H,2,5,13H2,1,3-4H3,(H,14,16)(H,15,17)/b10-7+/t8-,9-/m0/s1. The van der Waals surface area contributed by atoms with E-state index in [1.165, 1.54) is 0 Å². The fourth-order valence-corrected chi connectivity index (χ4v) is 1.07. The number of nitrogens with two attached hydrogens (primary N) is 1. The molecule has 0 radical (unpaired) electrons. The summed E-state index contributed by atoms with van der Waals surface area (Å²) >= 11 is 0. The number of hydrogen-bond acceptors (Lipinski definition) is 3. The SMILES string of the molecule is C=C/C(=C\CC)NC(=O)[C@H](C)NC(=O)[C@H](C)N. The van der Waals surface area contributed by atoms with Gasteiger partial charge in [-0.1, -0.05) is 19.6 Å². The van der Waals surface area contributed by atoms with Crippen molar-refractivity contribution < 1.29 is 9.59 Å². The van der Waals surface area contributed by atoms with Gasteiger partial charge in [0, 0.05) is 5.70 Å². The van der Waals surface area contributed by atoms with Crippen LogP contribution in [0.3, 0.4) is 0 Å². The second-order valence-corrected chi connectivity index (χ2v) is 3.78. The highest BCUT2D eigenvalue weighted by Gasteiger charge is 2.17. The molecular formula is C12H21N3O2. The van der Waals surface area contributed by atoms with Crippen molar-refractivity contribution in [1.82, 2.24) is 10.6 Å². The predicted octanol–water partition coefficient (Wildman–Crippen LogP) is 0.434. The average molecular weight is 239 g/mol. The summed E-state index contributed by atoms with van der Waals surface area (Å²) in [6.07, 6.45) is 4.19. The van der Waals surface area contributed by atoms with E-state index in [9.17, 15) is 9.59 Å². The summed E-state index contributed by atoms with van der Waals surface area (Å²) in [6, 6.07) is -1.26. The third-order valence-corrected chi connectivity index (χ3v) is 2.08. The summed E-state index contributed by atoms with van der Waals surface area (Å²) in [5, 5.41) is 5.17. The zero-order valence-corrected chi connectivity index (χ0v) is 10.6. The molecule has 0 fully saturated rings. The van der Waals surface area contributed by atoms with Crippen LogP contribution in [0, 0.1) is 0 Å². The zero-order valence-electron chi connectivity index (χ0n) is 10.6. The van der Waals surface area contributed by atoms with Gasteiger partial charge in [0.05, 0.1) is 6.04 Å². The summed E-state index contributed by atoms with van der Waals surface area (Å²) in [4.78, 5) is 23.0. The summed E-state index contributed by atoms with van der Waals surface area (Å²) in [5.74, 6) is -0.647. The van der Waals surface area contributed by atoms with Gasteiger partial charge in [-0.25, -0.2) is 0 Å². The van der Waals surface area contributed by atoms with Crippen molar-refractivity contribution >= 4 is 11.8 Å². The maximum Gasteiger partial charge on any atom is 0.246 e. The lowest BCUT2D eigenvalue weighted by Gasteiger charge is -2.15. The highest BCUT2D eigenvalue weighted by atomic mass is 16.2. The quantitative estimate of drug-likeness (QED) is 0.588. The molecule has 0 aromatic heterocycles. The molecule has 17 heavy (non-hydrogen) atoms. The molecule has 2 atom stereocenters. The van der Waals surface area contributed by atoms with E-state index in [2.05, 4.69) is 17.2 Å². The summed E-state index contributed by atoms with van der Waals surface area (Å²) < 4.78 is 0.